The quantitative estimate of drug-likeness (QED) is 0.0935. The van der Waals surface area contributed by atoms with Crippen molar-refractivity contribution in [3.63, 3.8) is 0 Å². The fourth-order valence-corrected chi connectivity index (χ4v) is 6.78. The number of aryl methyl sites for hydroxylation is 2. The summed E-state index contributed by atoms with van der Waals surface area (Å²) in [5, 5.41) is 4.35. The number of hydrogen-bond acceptors (Lipinski definition) is 0. The normalized spacial score (nSPS) is 12.0. The Balaban J connectivity index is 0.000000236. The van der Waals surface area contributed by atoms with Crippen molar-refractivity contribution in [2.45, 2.75) is 51.9 Å². The van der Waals surface area contributed by atoms with E-state index in [4.69, 9.17) is 17.0 Å². The van der Waals surface area contributed by atoms with E-state index in [-0.39, 0.29) is 11.6 Å². The van der Waals surface area contributed by atoms with Crippen LogP contribution in [0.4, 0.5) is 26.3 Å². The van der Waals surface area contributed by atoms with E-state index in [1.165, 1.54) is 21.5 Å². The van der Waals surface area contributed by atoms with Gasteiger partial charge < -0.3 is 0 Å². The zero-order valence-electron chi connectivity index (χ0n) is 24.4. The summed E-state index contributed by atoms with van der Waals surface area (Å²) in [7, 11) is 10.7. The van der Waals surface area contributed by atoms with Gasteiger partial charge >= 0.3 is 50.2 Å². The van der Waals surface area contributed by atoms with E-state index in [9.17, 15) is 26.3 Å². The summed E-state index contributed by atoms with van der Waals surface area (Å²) < 4.78 is 80.1. The third-order valence-electron chi connectivity index (χ3n) is 7.30. The van der Waals surface area contributed by atoms with Gasteiger partial charge in [0, 0.05) is 0 Å². The van der Waals surface area contributed by atoms with Crippen LogP contribution in [0.1, 0.15) is 48.9 Å². The van der Waals surface area contributed by atoms with Crippen LogP contribution in [0.25, 0.3) is 33.0 Å². The Labute approximate surface area is 280 Å². The predicted molar refractivity (Wildman–Crippen MR) is 170 cm³/mol. The average Bonchev–Trinajstić information content (AvgIpc) is 3.58. The molecule has 45 heavy (non-hydrogen) atoms. The average molecular weight is 753 g/mol. The zero-order valence-corrected chi connectivity index (χ0v) is 29.4. The largest absolute Gasteiger partial charge is 0.184 e. The van der Waals surface area contributed by atoms with Gasteiger partial charge in [-0.2, -0.15) is 61.9 Å². The van der Waals surface area contributed by atoms with Crippen LogP contribution in [0.2, 0.25) is 0 Å². The summed E-state index contributed by atoms with van der Waals surface area (Å²) in [5.41, 5.74) is 2.38. The van der Waals surface area contributed by atoms with Gasteiger partial charge in [0.1, 0.15) is 0 Å². The van der Waals surface area contributed by atoms with Crippen LogP contribution in [-0.2, 0) is 46.0 Å². The van der Waals surface area contributed by atoms with Crippen LogP contribution < -0.4 is 10.4 Å². The summed E-state index contributed by atoms with van der Waals surface area (Å²) in [6.07, 6.45) is -6.74. The molecule has 1 aliphatic heterocycles. The molecule has 0 aromatic heterocycles. The van der Waals surface area contributed by atoms with E-state index in [1.54, 1.807) is 0 Å². The molecule has 0 amide bonds. The van der Waals surface area contributed by atoms with E-state index < -0.39 is 44.3 Å². The SMILES string of the molecule is CCCc1cc2c(-c3cc(C(F)(F)F)cc(C(F)(F)F)c3)c(CCC)ccc2[cH-]1.[Cl][Zr+2][Cl].[c-]1cccc2c1[Si]c1ccccc1-2. The first-order chi connectivity index (χ1) is 21.4. The van der Waals surface area contributed by atoms with Crippen molar-refractivity contribution in [1.82, 2.24) is 0 Å². The number of fused-ring (bicyclic) bond motifs is 4. The fourth-order valence-electron chi connectivity index (χ4n) is 5.47. The van der Waals surface area contributed by atoms with Crippen molar-refractivity contribution in [1.29, 1.82) is 0 Å². The van der Waals surface area contributed by atoms with Crippen LogP contribution >= 0.6 is 17.0 Å². The van der Waals surface area contributed by atoms with E-state index in [0.717, 1.165) is 57.4 Å². The zero-order chi connectivity index (χ0) is 32.8. The van der Waals surface area contributed by atoms with Crippen LogP contribution in [0, 0.1) is 6.07 Å². The topological polar surface area (TPSA) is 0 Å². The Morgan fingerprint density at radius 3 is 2.02 bits per heavy atom. The maximum absolute atomic E-state index is 13.4. The number of rotatable bonds is 5. The van der Waals surface area contributed by atoms with Gasteiger partial charge in [-0.25, -0.2) is 0 Å². The molecule has 5 aromatic carbocycles. The van der Waals surface area contributed by atoms with Crippen molar-refractivity contribution in [3.05, 3.63) is 113 Å². The number of halogens is 8. The monoisotopic (exact) mass is 750 g/mol. The molecule has 2 radical (unpaired) electrons. The molecule has 0 fully saturated rings. The van der Waals surface area contributed by atoms with E-state index >= 15 is 0 Å². The van der Waals surface area contributed by atoms with Gasteiger partial charge in [-0.1, -0.05) is 72.8 Å². The molecule has 0 saturated carbocycles. The smallest absolute Gasteiger partial charge is 0.0920 e. The van der Waals surface area contributed by atoms with Gasteiger partial charge in [-0.3, -0.25) is 0 Å². The van der Waals surface area contributed by atoms with Crippen molar-refractivity contribution in [3.8, 4) is 22.3 Å². The second-order valence-electron chi connectivity index (χ2n) is 10.5. The molecular formula is C35H28Cl2F6SiZr. The molecule has 0 N–H and O–H groups in total. The third kappa shape index (κ3) is 8.77. The maximum atomic E-state index is 13.4. The van der Waals surface area contributed by atoms with Crippen LogP contribution in [0.15, 0.2) is 84.9 Å². The Hall–Kier alpha value is -2.25. The van der Waals surface area contributed by atoms with Crippen LogP contribution in [0.5, 0.6) is 0 Å². The molecule has 0 aliphatic carbocycles. The molecule has 5 aromatic rings. The van der Waals surface area contributed by atoms with E-state index in [0.29, 0.717) is 17.4 Å². The molecule has 6 rings (SSSR count). The summed E-state index contributed by atoms with van der Waals surface area (Å²) in [6.45, 7) is 3.94. The molecule has 232 valence electrons. The van der Waals surface area contributed by atoms with Gasteiger partial charge in [0.05, 0.1) is 20.6 Å². The van der Waals surface area contributed by atoms with Crippen molar-refractivity contribution < 1.29 is 47.2 Å². The Kier molecular flexibility index (Phi) is 12.3. The maximum Gasteiger partial charge on any atom is 0.0920 e. The molecule has 0 atom stereocenters. The molecule has 0 spiro atoms. The van der Waals surface area contributed by atoms with Crippen molar-refractivity contribution in [2.75, 3.05) is 0 Å². The molecule has 10 heteroatoms. The molecule has 1 aliphatic rings. The van der Waals surface area contributed by atoms with Crippen molar-refractivity contribution in [2.24, 2.45) is 0 Å². The summed E-state index contributed by atoms with van der Waals surface area (Å²) in [4.78, 5) is 0. The Morgan fingerprint density at radius 2 is 1.40 bits per heavy atom. The fraction of sp³-hybridized carbons (Fsp3) is 0.229. The molecular weight excluding hydrogens is 725 g/mol. The second kappa shape index (κ2) is 15.6. The van der Waals surface area contributed by atoms with Gasteiger partial charge in [0.25, 0.3) is 0 Å². The van der Waals surface area contributed by atoms with Crippen LogP contribution in [-0.4, -0.2) is 9.52 Å². The van der Waals surface area contributed by atoms with Gasteiger partial charge in [-0.05, 0) is 36.6 Å². The Bertz CT molecular complexity index is 1670. The Morgan fingerprint density at radius 1 is 0.778 bits per heavy atom. The molecule has 0 nitrogen and oxygen atoms in total. The minimum absolute atomic E-state index is 0.0464. The predicted octanol–water partition coefficient (Wildman–Crippen LogP) is 10.7. The second-order valence-corrected chi connectivity index (χ2v) is 15.5. The minimum atomic E-state index is -4.87. The third-order valence-corrected chi connectivity index (χ3v) is 8.67. The molecule has 0 saturated heterocycles. The van der Waals surface area contributed by atoms with Crippen molar-refractivity contribution >= 4 is 47.7 Å². The summed E-state index contributed by atoms with van der Waals surface area (Å²) in [6, 6.07) is 27.5. The molecule has 0 bridgehead atoms. The first-order valence-corrected chi connectivity index (χ1v) is 21.6. The number of benzene rings is 4. The molecule has 1 heterocycles. The van der Waals surface area contributed by atoms with Gasteiger partial charge in [0.2, 0.25) is 0 Å². The first-order valence-electron chi connectivity index (χ1n) is 14.3. The van der Waals surface area contributed by atoms with E-state index in [1.807, 2.05) is 44.2 Å². The van der Waals surface area contributed by atoms with Gasteiger partial charge in [0.15, 0.2) is 0 Å². The summed E-state index contributed by atoms with van der Waals surface area (Å²) >= 11 is -0.826. The van der Waals surface area contributed by atoms with Crippen LogP contribution in [0.3, 0.4) is 0 Å². The van der Waals surface area contributed by atoms with E-state index in [2.05, 4.69) is 42.5 Å². The summed E-state index contributed by atoms with van der Waals surface area (Å²) in [5.74, 6) is 0. The first kappa shape index (κ1) is 35.6. The minimum Gasteiger partial charge on any atom is -0.184 e. The number of hydrogen-bond donors (Lipinski definition) is 0. The molecule has 0 unspecified atom stereocenters. The number of alkyl halides is 6. The standard InChI is InChI=1S/C23H21F6.C12H7Si.2ClH.Zr/c1-3-5-14-9-16-8-7-15(6-4-2)21(20(16)10-14)17-11-18(22(24,25)26)13-19(12-17)23(27,28)29;1-3-7-11-9(5-1)10-6-2-4-8-12(10)13-11;;;/h7-13H,3-6H2,1-2H3;1-7H;2*1H;/q2*-1;;;+4/p-2. The van der Waals surface area contributed by atoms with Gasteiger partial charge in [-0.15, -0.1) is 40.1 Å².